The second-order valence-electron chi connectivity index (χ2n) is 8.13. The number of carbonyl (C=O) groups excluding carboxylic acids is 1. The molecule has 0 bridgehead atoms. The summed E-state index contributed by atoms with van der Waals surface area (Å²) in [7, 11) is 1.44. The van der Waals surface area contributed by atoms with Gasteiger partial charge in [-0.2, -0.15) is 13.2 Å². The first-order valence-corrected chi connectivity index (χ1v) is 13.8. The first kappa shape index (κ1) is 29.7. The van der Waals surface area contributed by atoms with E-state index in [1.807, 2.05) is 0 Å². The third kappa shape index (κ3) is 5.91. The van der Waals surface area contributed by atoms with Crippen molar-refractivity contribution in [3.63, 3.8) is 0 Å². The Balaban J connectivity index is 2.06. The van der Waals surface area contributed by atoms with Crippen LogP contribution in [0.15, 0.2) is 57.5 Å². The molecule has 2 heterocycles. The zero-order valence-corrected chi connectivity index (χ0v) is 24.6. The minimum Gasteiger partial charge on any atom is -0.493 e. The number of aromatic nitrogens is 1. The third-order valence-corrected chi connectivity index (χ3v) is 7.49. The molecule has 4 rings (SSSR count). The van der Waals surface area contributed by atoms with Crippen molar-refractivity contribution < 1.29 is 32.2 Å². The van der Waals surface area contributed by atoms with Crippen LogP contribution >= 0.6 is 45.5 Å². The number of rotatable bonds is 7. The Morgan fingerprint density at radius 1 is 1.30 bits per heavy atom. The molecule has 0 aliphatic carbocycles. The van der Waals surface area contributed by atoms with Gasteiger partial charge in [-0.15, -0.1) is 6.42 Å². The van der Waals surface area contributed by atoms with Crippen molar-refractivity contribution in [3.05, 3.63) is 87.1 Å². The van der Waals surface area contributed by atoms with E-state index >= 15 is 0 Å². The number of halogens is 5. The molecule has 0 radical (unpaired) electrons. The summed E-state index contributed by atoms with van der Waals surface area (Å²) in [5, 5.41) is 0.320. The number of benzene rings is 2. The highest BCUT2D eigenvalue weighted by molar-refractivity contribution is 14.1. The van der Waals surface area contributed by atoms with E-state index in [-0.39, 0.29) is 33.9 Å². The van der Waals surface area contributed by atoms with Gasteiger partial charge in [0.1, 0.15) is 6.61 Å². The first-order valence-electron chi connectivity index (χ1n) is 11.5. The van der Waals surface area contributed by atoms with Gasteiger partial charge in [-0.1, -0.05) is 41.0 Å². The molecule has 1 atom stereocenters. The topological polar surface area (TPSA) is 79.1 Å². The number of methoxy groups -OCH3 is 1. The Hall–Kier alpha value is -3.28. The van der Waals surface area contributed by atoms with Crippen molar-refractivity contribution in [1.82, 2.24) is 4.57 Å². The number of esters is 1. The van der Waals surface area contributed by atoms with Gasteiger partial charge in [0.15, 0.2) is 22.0 Å². The average molecular weight is 703 g/mol. The van der Waals surface area contributed by atoms with Gasteiger partial charge in [-0.25, -0.2) is 9.79 Å². The minimum atomic E-state index is -5.01. The smallest absolute Gasteiger partial charge is 0.434 e. The number of ether oxygens (including phenoxy) is 3. The Bertz CT molecular complexity index is 1720. The predicted molar refractivity (Wildman–Crippen MR) is 152 cm³/mol. The average Bonchev–Trinajstić information content (AvgIpc) is 3.21. The van der Waals surface area contributed by atoms with Crippen LogP contribution in [0.4, 0.5) is 13.2 Å². The predicted octanol–water partition coefficient (Wildman–Crippen LogP) is 4.62. The fraction of sp³-hybridized carbons (Fsp3) is 0.222. The summed E-state index contributed by atoms with van der Waals surface area (Å²) in [4.78, 5) is 30.3. The maximum atomic E-state index is 14.3. The number of carbonyl (C=O) groups is 1. The molecule has 2 aromatic carbocycles. The largest absolute Gasteiger partial charge is 0.493 e. The van der Waals surface area contributed by atoms with Crippen molar-refractivity contribution in [1.29, 1.82) is 0 Å². The van der Waals surface area contributed by atoms with E-state index in [4.69, 9.17) is 32.2 Å². The second-order valence-corrected chi connectivity index (χ2v) is 10.8. The molecule has 0 spiro atoms. The van der Waals surface area contributed by atoms with Crippen LogP contribution in [0.1, 0.15) is 24.1 Å². The zero-order valence-electron chi connectivity index (χ0n) is 20.8. The van der Waals surface area contributed by atoms with E-state index < -0.39 is 35.0 Å². The van der Waals surface area contributed by atoms with Gasteiger partial charge in [0.25, 0.3) is 5.56 Å². The molecule has 7 nitrogen and oxygen atoms in total. The molecule has 0 unspecified atom stereocenters. The van der Waals surface area contributed by atoms with E-state index in [2.05, 4.69) is 33.5 Å². The summed E-state index contributed by atoms with van der Waals surface area (Å²) < 4.78 is 60.7. The number of nitrogens with zero attached hydrogens (tertiary/aromatic N) is 2. The summed E-state index contributed by atoms with van der Waals surface area (Å²) >= 11 is 8.79. The molecule has 13 heteroatoms. The molecule has 0 N–H and O–H groups in total. The van der Waals surface area contributed by atoms with Crippen LogP contribution in [0.25, 0.3) is 6.08 Å². The van der Waals surface area contributed by atoms with E-state index in [1.165, 1.54) is 44.4 Å². The molecule has 0 amide bonds. The first-order chi connectivity index (χ1) is 19.0. The van der Waals surface area contributed by atoms with Crippen LogP contribution in [0.5, 0.6) is 11.5 Å². The molecule has 1 aromatic heterocycles. The van der Waals surface area contributed by atoms with E-state index in [1.54, 1.807) is 12.1 Å². The fourth-order valence-electron chi connectivity index (χ4n) is 4.06. The number of hydrogen-bond acceptors (Lipinski definition) is 7. The van der Waals surface area contributed by atoms with Crippen LogP contribution in [-0.2, 0) is 9.53 Å². The Morgan fingerprint density at radius 2 is 2.00 bits per heavy atom. The highest BCUT2D eigenvalue weighted by atomic mass is 127. The highest BCUT2D eigenvalue weighted by Crippen LogP contribution is 2.39. The normalized spacial score (nSPS) is 15.2. The number of thiazole rings is 1. The van der Waals surface area contributed by atoms with E-state index in [9.17, 15) is 22.8 Å². The van der Waals surface area contributed by atoms with Crippen LogP contribution in [0, 0.1) is 15.9 Å². The summed E-state index contributed by atoms with van der Waals surface area (Å²) in [6.07, 6.45) is 1.79. The van der Waals surface area contributed by atoms with E-state index in [0.29, 0.717) is 16.3 Å². The molecule has 1 aliphatic rings. The number of terminal acetylenes is 1. The lowest BCUT2D eigenvalue weighted by Crippen LogP contribution is -2.41. The molecular weight excluding hydrogens is 684 g/mol. The molecule has 40 heavy (non-hydrogen) atoms. The van der Waals surface area contributed by atoms with Gasteiger partial charge in [0.2, 0.25) is 0 Å². The van der Waals surface area contributed by atoms with Gasteiger partial charge in [0.05, 0.1) is 29.9 Å². The summed E-state index contributed by atoms with van der Waals surface area (Å²) in [6.45, 7) is 1.20. The standard InChI is InChI=1S/C27H19ClF3IN2O5S/c1-4-10-39-22-15(11-17(32)13-18(22)37-3)12-19-24(35)34-21(14-6-8-16(28)9-7-14)20(25(36)38-5-2)23(27(29,30)31)33-26(34)40-19/h1,6-9,11-13,21H,5,10H2,2-3H3/b19-12-/t21-/m0/s1. The second kappa shape index (κ2) is 12.1. The lowest BCUT2D eigenvalue weighted by atomic mass is 9.95. The SMILES string of the molecule is C#CCOc1c(/C=c2\sc3n(c2=O)[C@@H](c2ccc(Cl)cc2)C(C(=O)OCC)=C(C(F)(F)F)N=3)cc(I)cc1OC. The number of allylic oxidation sites excluding steroid dienone is 1. The van der Waals surface area contributed by atoms with Crippen molar-refractivity contribution in [2.75, 3.05) is 20.3 Å². The molecule has 0 fully saturated rings. The molecule has 0 saturated heterocycles. The maximum absolute atomic E-state index is 14.3. The Morgan fingerprint density at radius 3 is 2.60 bits per heavy atom. The van der Waals surface area contributed by atoms with E-state index in [0.717, 1.165) is 19.5 Å². The number of alkyl halides is 3. The van der Waals surface area contributed by atoms with Crippen molar-refractivity contribution in [2.45, 2.75) is 19.1 Å². The lowest BCUT2D eigenvalue weighted by Gasteiger charge is -2.26. The molecular formula is C27H19ClF3IN2O5S. The van der Waals surface area contributed by atoms with Gasteiger partial charge in [-0.3, -0.25) is 9.36 Å². The maximum Gasteiger partial charge on any atom is 0.434 e. The minimum absolute atomic E-state index is 0.0407. The fourth-order valence-corrected chi connectivity index (χ4v) is 5.79. The quantitative estimate of drug-likeness (QED) is 0.204. The van der Waals surface area contributed by atoms with Crippen molar-refractivity contribution in [3.8, 4) is 23.8 Å². The van der Waals surface area contributed by atoms with Crippen LogP contribution in [0.3, 0.4) is 0 Å². The summed E-state index contributed by atoms with van der Waals surface area (Å²) in [6, 6.07) is 7.72. The van der Waals surface area contributed by atoms with Gasteiger partial charge in [0, 0.05) is 14.2 Å². The molecule has 1 aliphatic heterocycles. The van der Waals surface area contributed by atoms with Crippen LogP contribution in [0.2, 0.25) is 5.02 Å². The van der Waals surface area contributed by atoms with Crippen LogP contribution in [-0.4, -0.2) is 37.0 Å². The van der Waals surface area contributed by atoms with Gasteiger partial charge >= 0.3 is 12.1 Å². The molecule has 3 aromatic rings. The van der Waals surface area contributed by atoms with Gasteiger partial charge < -0.3 is 14.2 Å². The molecule has 208 valence electrons. The van der Waals surface area contributed by atoms with Crippen molar-refractivity contribution >= 4 is 57.6 Å². The molecule has 0 saturated carbocycles. The Kier molecular flexibility index (Phi) is 8.96. The van der Waals surface area contributed by atoms with Crippen molar-refractivity contribution in [2.24, 2.45) is 4.99 Å². The monoisotopic (exact) mass is 702 g/mol. The van der Waals surface area contributed by atoms with Crippen LogP contribution < -0.4 is 24.4 Å². The lowest BCUT2D eigenvalue weighted by molar-refractivity contribution is -0.140. The van der Waals surface area contributed by atoms with Gasteiger partial charge in [-0.05, 0) is 65.4 Å². The third-order valence-electron chi connectivity index (χ3n) is 5.64. The number of hydrogen-bond donors (Lipinski definition) is 0. The Labute approximate surface area is 248 Å². The number of fused-ring (bicyclic) bond motifs is 1. The zero-order chi connectivity index (χ0) is 29.2. The summed E-state index contributed by atoms with van der Waals surface area (Å²) in [5.74, 6) is 1.73. The highest BCUT2D eigenvalue weighted by Gasteiger charge is 2.45. The summed E-state index contributed by atoms with van der Waals surface area (Å²) in [5.41, 5.74) is -2.29.